The summed E-state index contributed by atoms with van der Waals surface area (Å²) in [6.07, 6.45) is 3.45. The quantitative estimate of drug-likeness (QED) is 0.849. The average Bonchev–Trinajstić information content (AvgIpc) is 2.97. The molecule has 4 amide bonds. The molecule has 0 aromatic heterocycles. The van der Waals surface area contributed by atoms with Gasteiger partial charge in [-0.05, 0) is 30.9 Å². The number of rotatable bonds is 2. The van der Waals surface area contributed by atoms with E-state index in [1.165, 1.54) is 0 Å². The van der Waals surface area contributed by atoms with Gasteiger partial charge in [0.25, 0.3) is 5.91 Å². The van der Waals surface area contributed by atoms with Crippen molar-refractivity contribution in [2.45, 2.75) is 39.0 Å². The van der Waals surface area contributed by atoms with Crippen LogP contribution < -0.4 is 10.2 Å². The van der Waals surface area contributed by atoms with E-state index in [-0.39, 0.29) is 5.91 Å². The van der Waals surface area contributed by atoms with Gasteiger partial charge in [-0.15, -0.1) is 0 Å². The van der Waals surface area contributed by atoms with Gasteiger partial charge in [0.05, 0.1) is 5.69 Å². The highest BCUT2D eigenvalue weighted by Gasteiger charge is 2.55. The maximum atomic E-state index is 12.9. The van der Waals surface area contributed by atoms with Crippen LogP contribution in [0.15, 0.2) is 24.3 Å². The highest BCUT2D eigenvalue weighted by atomic mass is 16.2. The zero-order valence-electron chi connectivity index (χ0n) is 12.0. The first kappa shape index (κ1) is 13.8. The van der Waals surface area contributed by atoms with E-state index in [1.807, 2.05) is 19.1 Å². The van der Waals surface area contributed by atoms with Crippen molar-refractivity contribution in [3.63, 3.8) is 0 Å². The van der Waals surface area contributed by atoms with Crippen LogP contribution in [0.2, 0.25) is 0 Å². The third kappa shape index (κ3) is 1.95. The predicted octanol–water partition coefficient (Wildman–Crippen LogP) is 2.39. The molecular weight excluding hydrogens is 268 g/mol. The molecule has 0 unspecified atom stereocenters. The molecule has 1 aliphatic carbocycles. The maximum absolute atomic E-state index is 12.9. The molecule has 1 spiro atoms. The van der Waals surface area contributed by atoms with Crippen molar-refractivity contribution in [2.75, 3.05) is 4.90 Å². The summed E-state index contributed by atoms with van der Waals surface area (Å²) in [4.78, 5) is 38.4. The first-order valence-corrected chi connectivity index (χ1v) is 7.38. The number of nitrogens with zero attached hydrogens (tertiary/aromatic N) is 1. The van der Waals surface area contributed by atoms with Crippen LogP contribution >= 0.6 is 0 Å². The second-order valence-electron chi connectivity index (χ2n) is 5.67. The Hall–Kier alpha value is -2.17. The lowest BCUT2D eigenvalue weighted by Crippen LogP contribution is -2.63. The van der Waals surface area contributed by atoms with Crippen LogP contribution in [-0.2, 0) is 16.0 Å². The predicted molar refractivity (Wildman–Crippen MR) is 77.7 cm³/mol. The lowest BCUT2D eigenvalue weighted by molar-refractivity contribution is -0.142. The number of para-hydroxylation sites is 1. The van der Waals surface area contributed by atoms with Crippen LogP contribution in [0, 0.1) is 5.41 Å². The van der Waals surface area contributed by atoms with E-state index in [1.54, 1.807) is 12.1 Å². The minimum atomic E-state index is -1.05. The van der Waals surface area contributed by atoms with Crippen LogP contribution in [0.3, 0.4) is 0 Å². The van der Waals surface area contributed by atoms with E-state index in [4.69, 9.17) is 0 Å². The second-order valence-corrected chi connectivity index (χ2v) is 5.67. The number of urea groups is 1. The Bertz CT molecular complexity index is 618. The summed E-state index contributed by atoms with van der Waals surface area (Å²) >= 11 is 0. The Kier molecular flexibility index (Phi) is 3.27. The highest BCUT2D eigenvalue weighted by molar-refractivity contribution is 6.30. The molecule has 21 heavy (non-hydrogen) atoms. The molecule has 1 N–H and O–H groups in total. The van der Waals surface area contributed by atoms with Gasteiger partial charge in [0.15, 0.2) is 0 Å². The summed E-state index contributed by atoms with van der Waals surface area (Å²) in [6.45, 7) is 1.97. The number of anilines is 1. The average molecular weight is 286 g/mol. The van der Waals surface area contributed by atoms with Crippen LogP contribution in [0.1, 0.15) is 38.2 Å². The molecule has 0 bridgehead atoms. The molecule has 5 nitrogen and oxygen atoms in total. The summed E-state index contributed by atoms with van der Waals surface area (Å²) in [7, 11) is 0. The van der Waals surface area contributed by atoms with Crippen LogP contribution in [0.25, 0.3) is 0 Å². The Morgan fingerprint density at radius 2 is 1.81 bits per heavy atom. The third-order valence-corrected chi connectivity index (χ3v) is 4.54. The first-order chi connectivity index (χ1) is 10.1. The van der Waals surface area contributed by atoms with Gasteiger partial charge in [-0.25, -0.2) is 9.69 Å². The van der Waals surface area contributed by atoms with Crippen molar-refractivity contribution in [1.29, 1.82) is 0 Å². The summed E-state index contributed by atoms with van der Waals surface area (Å²) in [5.74, 6) is -0.796. The first-order valence-electron chi connectivity index (χ1n) is 7.38. The standard InChI is InChI=1S/C16H18N2O3/c1-2-11-7-3-4-8-12(11)18-14(20)16(9-5-6-10-16)13(19)17-15(18)21/h3-4,7-8H,2,5-6,9-10H2,1H3,(H,17,19,21). The Morgan fingerprint density at radius 3 is 2.48 bits per heavy atom. The van der Waals surface area contributed by atoms with Gasteiger partial charge in [0.1, 0.15) is 5.41 Å². The fourth-order valence-corrected chi connectivity index (χ4v) is 3.34. The molecular formula is C16H18N2O3. The molecule has 110 valence electrons. The maximum Gasteiger partial charge on any atom is 0.335 e. The van der Waals surface area contributed by atoms with Crippen molar-refractivity contribution in [2.24, 2.45) is 5.41 Å². The van der Waals surface area contributed by atoms with Crippen LogP contribution in [0.5, 0.6) is 0 Å². The number of hydrogen-bond donors (Lipinski definition) is 1. The van der Waals surface area contributed by atoms with Gasteiger partial charge in [0, 0.05) is 0 Å². The fraction of sp³-hybridized carbons (Fsp3) is 0.438. The molecule has 3 rings (SSSR count). The van der Waals surface area contributed by atoms with Crippen LogP contribution in [-0.4, -0.2) is 17.8 Å². The van der Waals surface area contributed by atoms with E-state index < -0.39 is 17.4 Å². The number of carbonyl (C=O) groups excluding carboxylic acids is 3. The van der Waals surface area contributed by atoms with Crippen molar-refractivity contribution in [3.05, 3.63) is 29.8 Å². The number of carbonyl (C=O) groups is 3. The summed E-state index contributed by atoms with van der Waals surface area (Å²) in [6, 6.07) is 6.70. The monoisotopic (exact) mass is 286 g/mol. The van der Waals surface area contributed by atoms with Gasteiger partial charge in [0.2, 0.25) is 5.91 Å². The van der Waals surface area contributed by atoms with E-state index in [9.17, 15) is 14.4 Å². The molecule has 1 aromatic rings. The van der Waals surface area contributed by atoms with E-state index >= 15 is 0 Å². The number of hydrogen-bond acceptors (Lipinski definition) is 3. The van der Waals surface area contributed by atoms with E-state index in [0.717, 1.165) is 23.3 Å². The smallest absolute Gasteiger partial charge is 0.276 e. The summed E-state index contributed by atoms with van der Waals surface area (Å²) < 4.78 is 0. The summed E-state index contributed by atoms with van der Waals surface area (Å²) in [5.41, 5.74) is 0.458. The third-order valence-electron chi connectivity index (χ3n) is 4.54. The van der Waals surface area contributed by atoms with Crippen molar-refractivity contribution in [3.8, 4) is 0 Å². The Balaban J connectivity index is 2.07. The molecule has 1 aliphatic heterocycles. The molecule has 2 fully saturated rings. The molecule has 1 heterocycles. The molecule has 0 atom stereocenters. The van der Waals surface area contributed by atoms with Crippen molar-refractivity contribution < 1.29 is 14.4 Å². The largest absolute Gasteiger partial charge is 0.335 e. The zero-order valence-corrected chi connectivity index (χ0v) is 12.0. The molecule has 5 heteroatoms. The van der Waals surface area contributed by atoms with Crippen molar-refractivity contribution in [1.82, 2.24) is 5.32 Å². The van der Waals surface area contributed by atoms with Crippen LogP contribution in [0.4, 0.5) is 10.5 Å². The number of aryl methyl sites for hydroxylation is 1. The lowest BCUT2D eigenvalue weighted by atomic mass is 9.82. The van der Waals surface area contributed by atoms with E-state index in [0.29, 0.717) is 24.9 Å². The fourth-order valence-electron chi connectivity index (χ4n) is 3.34. The van der Waals surface area contributed by atoms with Gasteiger partial charge in [-0.3, -0.25) is 14.9 Å². The number of nitrogens with one attached hydrogen (secondary N) is 1. The SMILES string of the molecule is CCc1ccccc1N1C(=O)NC(=O)C2(CCCC2)C1=O. The Morgan fingerprint density at radius 1 is 1.14 bits per heavy atom. The molecule has 1 saturated carbocycles. The molecule has 2 aliphatic rings. The van der Waals surface area contributed by atoms with Gasteiger partial charge < -0.3 is 0 Å². The molecule has 1 saturated heterocycles. The van der Waals surface area contributed by atoms with Gasteiger partial charge in [-0.1, -0.05) is 38.0 Å². The second kappa shape index (κ2) is 4.98. The highest BCUT2D eigenvalue weighted by Crippen LogP contribution is 2.43. The number of imide groups is 2. The number of amides is 4. The number of barbiturate groups is 1. The van der Waals surface area contributed by atoms with Gasteiger partial charge >= 0.3 is 6.03 Å². The van der Waals surface area contributed by atoms with Gasteiger partial charge in [-0.2, -0.15) is 0 Å². The van der Waals surface area contributed by atoms with Crippen molar-refractivity contribution >= 4 is 23.5 Å². The minimum absolute atomic E-state index is 0.366. The summed E-state index contributed by atoms with van der Waals surface area (Å²) in [5, 5.41) is 2.37. The normalized spacial score (nSPS) is 21.0. The topological polar surface area (TPSA) is 66.5 Å². The minimum Gasteiger partial charge on any atom is -0.276 e. The van der Waals surface area contributed by atoms with E-state index in [2.05, 4.69) is 5.32 Å². The lowest BCUT2D eigenvalue weighted by Gasteiger charge is -2.37. The molecule has 0 radical (unpaired) electrons. The zero-order chi connectivity index (χ0) is 15.0. The Labute approximate surface area is 123 Å². The molecule has 1 aromatic carbocycles. The number of benzene rings is 1.